The van der Waals surface area contributed by atoms with E-state index in [1.54, 1.807) is 11.3 Å². The van der Waals surface area contributed by atoms with Crippen LogP contribution in [-0.2, 0) is 17.8 Å². The molecule has 0 saturated carbocycles. The lowest BCUT2D eigenvalue weighted by atomic mass is 10.0. The minimum Gasteiger partial charge on any atom is -0.391 e. The molecule has 3 rings (SSSR count). The van der Waals surface area contributed by atoms with Crippen LogP contribution in [0.5, 0.6) is 0 Å². The van der Waals surface area contributed by atoms with Gasteiger partial charge >= 0.3 is 0 Å². The highest BCUT2D eigenvalue weighted by molar-refractivity contribution is 5.85. The molecule has 3 atom stereocenters. The van der Waals surface area contributed by atoms with Gasteiger partial charge in [-0.05, 0) is 30.9 Å². The fourth-order valence-corrected chi connectivity index (χ4v) is 3.04. The number of nitrogens with zero attached hydrogens (tertiary/aromatic N) is 1. The summed E-state index contributed by atoms with van der Waals surface area (Å²) in [4.78, 5) is 14.4. The molecule has 0 spiro atoms. The SMILES string of the molecule is CC1N[C@@H]([C@H](O)[CH]Cc2ccccc2)C(=O)N1Cc1ccccc1. The van der Waals surface area contributed by atoms with E-state index in [0.717, 1.165) is 11.1 Å². The van der Waals surface area contributed by atoms with Crippen LogP contribution in [0.2, 0.25) is 0 Å². The second-order valence-electron chi connectivity index (χ2n) is 6.19. The molecule has 2 aromatic rings. The molecular formula is C20H23N2O2. The molecule has 1 amide bonds. The summed E-state index contributed by atoms with van der Waals surface area (Å²) in [6.07, 6.45) is 1.54. The van der Waals surface area contributed by atoms with E-state index in [9.17, 15) is 9.90 Å². The van der Waals surface area contributed by atoms with Crippen molar-refractivity contribution in [3.8, 4) is 0 Å². The first-order chi connectivity index (χ1) is 11.6. The van der Waals surface area contributed by atoms with Crippen molar-refractivity contribution in [1.29, 1.82) is 0 Å². The highest BCUT2D eigenvalue weighted by Crippen LogP contribution is 2.19. The van der Waals surface area contributed by atoms with Gasteiger partial charge in [-0.15, -0.1) is 0 Å². The summed E-state index contributed by atoms with van der Waals surface area (Å²) >= 11 is 0. The fraction of sp³-hybridized carbons (Fsp3) is 0.300. The first-order valence-corrected chi connectivity index (χ1v) is 8.31. The van der Waals surface area contributed by atoms with E-state index < -0.39 is 12.1 Å². The summed E-state index contributed by atoms with van der Waals surface area (Å²) in [5.41, 5.74) is 2.21. The van der Waals surface area contributed by atoms with Crippen molar-refractivity contribution >= 4 is 5.91 Å². The van der Waals surface area contributed by atoms with Crippen molar-refractivity contribution in [2.75, 3.05) is 0 Å². The van der Waals surface area contributed by atoms with Crippen LogP contribution in [0.3, 0.4) is 0 Å². The minimum atomic E-state index is -0.805. The molecule has 0 aliphatic carbocycles. The van der Waals surface area contributed by atoms with Crippen LogP contribution >= 0.6 is 0 Å². The van der Waals surface area contributed by atoms with Gasteiger partial charge in [0.05, 0.1) is 12.3 Å². The van der Waals surface area contributed by atoms with Gasteiger partial charge in [0.25, 0.3) is 0 Å². The Labute approximate surface area is 143 Å². The van der Waals surface area contributed by atoms with Crippen molar-refractivity contribution in [2.24, 2.45) is 0 Å². The molecular weight excluding hydrogens is 300 g/mol. The number of carbonyl (C=O) groups is 1. The maximum absolute atomic E-state index is 12.7. The Hall–Kier alpha value is -2.17. The topological polar surface area (TPSA) is 52.6 Å². The highest BCUT2D eigenvalue weighted by Gasteiger charge is 2.40. The van der Waals surface area contributed by atoms with Crippen molar-refractivity contribution in [2.45, 2.75) is 38.2 Å². The van der Waals surface area contributed by atoms with Gasteiger partial charge < -0.3 is 10.0 Å². The molecule has 2 aromatic carbocycles. The highest BCUT2D eigenvalue weighted by atomic mass is 16.3. The standard InChI is InChI=1S/C20H23N2O2/c1-15-21-19(18(23)13-12-16-8-4-2-5-9-16)20(24)22(15)14-17-10-6-3-7-11-17/h2-11,13,15,18-19,21,23H,12,14H2,1H3/t15?,18-,19+/m1/s1. The van der Waals surface area contributed by atoms with Gasteiger partial charge in [0, 0.05) is 6.54 Å². The Kier molecular flexibility index (Phi) is 5.28. The first-order valence-electron chi connectivity index (χ1n) is 8.31. The smallest absolute Gasteiger partial charge is 0.244 e. The summed E-state index contributed by atoms with van der Waals surface area (Å²) in [5, 5.41) is 13.6. The predicted molar refractivity (Wildman–Crippen MR) is 93.8 cm³/mol. The van der Waals surface area contributed by atoms with Gasteiger partial charge in [0.1, 0.15) is 6.04 Å². The van der Waals surface area contributed by atoms with E-state index in [2.05, 4.69) is 5.32 Å². The summed E-state index contributed by atoms with van der Waals surface area (Å²) in [6, 6.07) is 19.3. The second-order valence-corrected chi connectivity index (χ2v) is 6.19. The summed E-state index contributed by atoms with van der Waals surface area (Å²) < 4.78 is 0. The van der Waals surface area contributed by atoms with Crippen molar-refractivity contribution in [3.05, 3.63) is 78.2 Å². The van der Waals surface area contributed by atoms with Crippen LogP contribution in [0.15, 0.2) is 60.7 Å². The zero-order valence-corrected chi connectivity index (χ0v) is 13.8. The van der Waals surface area contributed by atoms with Crippen molar-refractivity contribution in [1.82, 2.24) is 10.2 Å². The van der Waals surface area contributed by atoms with Gasteiger partial charge in [0.15, 0.2) is 0 Å². The molecule has 1 fully saturated rings. The fourth-order valence-electron chi connectivity index (χ4n) is 3.04. The monoisotopic (exact) mass is 323 g/mol. The van der Waals surface area contributed by atoms with Crippen LogP contribution in [0, 0.1) is 6.42 Å². The van der Waals surface area contributed by atoms with E-state index in [-0.39, 0.29) is 12.1 Å². The number of benzene rings is 2. The zero-order valence-electron chi connectivity index (χ0n) is 13.8. The molecule has 0 bridgehead atoms. The number of hydrogen-bond donors (Lipinski definition) is 2. The number of nitrogens with one attached hydrogen (secondary N) is 1. The molecule has 1 aliphatic rings. The molecule has 125 valence electrons. The molecule has 4 nitrogen and oxygen atoms in total. The Balaban J connectivity index is 1.59. The van der Waals surface area contributed by atoms with Gasteiger partial charge in [0.2, 0.25) is 5.91 Å². The Morgan fingerprint density at radius 3 is 2.29 bits per heavy atom. The predicted octanol–water partition coefficient (Wildman–Crippen LogP) is 2.14. The summed E-state index contributed by atoms with van der Waals surface area (Å²) in [5.74, 6) is -0.0526. The maximum Gasteiger partial charge on any atom is 0.244 e. The molecule has 0 aromatic heterocycles. The number of amides is 1. The minimum absolute atomic E-state index is 0.0526. The van der Waals surface area contributed by atoms with E-state index in [1.165, 1.54) is 0 Å². The number of aliphatic hydroxyl groups excluding tert-OH is 1. The second kappa shape index (κ2) is 7.60. The third-order valence-electron chi connectivity index (χ3n) is 4.41. The Morgan fingerprint density at radius 1 is 1.08 bits per heavy atom. The van der Waals surface area contributed by atoms with Crippen LogP contribution in [0.25, 0.3) is 0 Å². The third kappa shape index (κ3) is 3.83. The van der Waals surface area contributed by atoms with Crippen molar-refractivity contribution in [3.63, 3.8) is 0 Å². The first kappa shape index (κ1) is 16.7. The molecule has 1 radical (unpaired) electrons. The summed E-state index contributed by atoms with van der Waals surface area (Å²) in [7, 11) is 0. The molecule has 1 unspecified atom stereocenters. The molecule has 1 heterocycles. The van der Waals surface area contributed by atoms with Crippen LogP contribution in [0.1, 0.15) is 18.1 Å². The lowest BCUT2D eigenvalue weighted by molar-refractivity contribution is -0.131. The van der Waals surface area contributed by atoms with E-state index >= 15 is 0 Å². The number of hydrogen-bond acceptors (Lipinski definition) is 3. The van der Waals surface area contributed by atoms with Crippen molar-refractivity contribution < 1.29 is 9.90 Å². The lowest BCUT2D eigenvalue weighted by Crippen LogP contribution is -2.41. The van der Waals surface area contributed by atoms with Crippen LogP contribution in [0.4, 0.5) is 0 Å². The average Bonchev–Trinajstić information content (AvgIpc) is 2.90. The van der Waals surface area contributed by atoms with Gasteiger partial charge in [-0.25, -0.2) is 0 Å². The maximum atomic E-state index is 12.7. The van der Waals surface area contributed by atoms with E-state index in [0.29, 0.717) is 13.0 Å². The third-order valence-corrected chi connectivity index (χ3v) is 4.41. The van der Waals surface area contributed by atoms with Gasteiger partial charge in [-0.1, -0.05) is 60.7 Å². The van der Waals surface area contributed by atoms with E-state index in [4.69, 9.17) is 0 Å². The zero-order chi connectivity index (χ0) is 16.9. The molecule has 24 heavy (non-hydrogen) atoms. The molecule has 1 saturated heterocycles. The molecule has 4 heteroatoms. The number of carbonyl (C=O) groups excluding carboxylic acids is 1. The molecule has 1 aliphatic heterocycles. The number of aliphatic hydroxyl groups is 1. The van der Waals surface area contributed by atoms with Gasteiger partial charge in [-0.2, -0.15) is 0 Å². The Morgan fingerprint density at radius 2 is 1.67 bits per heavy atom. The largest absolute Gasteiger partial charge is 0.391 e. The van der Waals surface area contributed by atoms with Crippen LogP contribution in [-0.4, -0.2) is 34.2 Å². The summed E-state index contributed by atoms with van der Waals surface area (Å²) in [6.45, 7) is 2.50. The van der Waals surface area contributed by atoms with Gasteiger partial charge in [-0.3, -0.25) is 10.1 Å². The number of rotatable bonds is 6. The average molecular weight is 323 g/mol. The normalized spacial score (nSPS) is 21.9. The Bertz CT molecular complexity index is 660. The quantitative estimate of drug-likeness (QED) is 0.856. The molecule has 2 N–H and O–H groups in total. The van der Waals surface area contributed by atoms with Crippen LogP contribution < -0.4 is 5.32 Å². The van der Waals surface area contributed by atoms with E-state index in [1.807, 2.05) is 67.6 Å². The lowest BCUT2D eigenvalue weighted by Gasteiger charge is -2.21.